The summed E-state index contributed by atoms with van der Waals surface area (Å²) in [5.74, 6) is -0.315. The Morgan fingerprint density at radius 1 is 1.60 bits per heavy atom. The molecule has 0 aromatic rings. The Labute approximate surface area is 68.7 Å². The third-order valence-corrected chi connectivity index (χ3v) is 1.30. The molecule has 0 heterocycles. The van der Waals surface area contributed by atoms with Crippen LogP contribution in [0.25, 0.3) is 0 Å². The molecule has 0 bridgehead atoms. The summed E-state index contributed by atoms with van der Waals surface area (Å²) in [6.45, 7) is 6.91. The summed E-state index contributed by atoms with van der Waals surface area (Å²) in [5, 5.41) is 0.200. The molecule has 0 saturated heterocycles. The quantitative estimate of drug-likeness (QED) is 0.396. The predicted octanol–water partition coefficient (Wildman–Crippen LogP) is 1.67. The number of esters is 1. The first-order valence-electron chi connectivity index (χ1n) is 2.75. The van der Waals surface area contributed by atoms with E-state index in [1.165, 1.54) is 12.2 Å². The number of hydrogen-bond acceptors (Lipinski definition) is 2. The van der Waals surface area contributed by atoms with E-state index >= 15 is 0 Å². The average molecular weight is 205 g/mol. The predicted molar refractivity (Wildman–Crippen MR) is 44.1 cm³/mol. The van der Waals surface area contributed by atoms with Crippen molar-refractivity contribution in [3.8, 4) is 0 Å². The van der Waals surface area contributed by atoms with Gasteiger partial charge in [-0.1, -0.05) is 29.1 Å². The molecule has 0 aliphatic carbocycles. The molecule has 0 aliphatic heterocycles. The minimum atomic E-state index is -0.370. The van der Waals surface area contributed by atoms with Crippen LogP contribution in [0.1, 0.15) is 0 Å². The van der Waals surface area contributed by atoms with Crippen molar-refractivity contribution in [3.05, 3.63) is 25.3 Å². The molecular weight excluding hydrogens is 196 g/mol. The molecule has 0 amide bonds. The highest BCUT2D eigenvalue weighted by atomic mass is 79.9. The molecule has 0 fully saturated rings. The normalized spacial score (nSPS) is 9.00. The average Bonchev–Trinajstić information content (AvgIpc) is 1.99. The largest absolute Gasteiger partial charge is 0.453 e. The van der Waals surface area contributed by atoms with Gasteiger partial charge >= 0.3 is 5.97 Å². The maximum Gasteiger partial charge on any atom is 0.317 e. The molecular formula is C7H9BrO2. The lowest BCUT2D eigenvalue weighted by atomic mass is 10.3. The molecule has 3 heteroatoms. The lowest BCUT2D eigenvalue weighted by Crippen LogP contribution is -2.13. The summed E-state index contributed by atoms with van der Waals surface area (Å²) in [6, 6.07) is 0. The van der Waals surface area contributed by atoms with Crippen molar-refractivity contribution in [1.29, 1.82) is 0 Å². The fraction of sp³-hybridized carbons (Fsp3) is 0.286. The Morgan fingerprint density at radius 2 is 2.10 bits per heavy atom. The minimum Gasteiger partial charge on any atom is -0.453 e. The van der Waals surface area contributed by atoms with Crippen LogP contribution in [0.2, 0.25) is 0 Å². The molecule has 0 N–H and O–H groups in total. The van der Waals surface area contributed by atoms with Crippen molar-refractivity contribution in [2.75, 3.05) is 5.33 Å². The number of hydrogen-bond donors (Lipinski definition) is 0. The van der Waals surface area contributed by atoms with E-state index in [0.717, 1.165) is 0 Å². The highest BCUT2D eigenvalue weighted by Crippen LogP contribution is 1.96. The molecule has 0 saturated carbocycles. The molecule has 0 spiro atoms. The van der Waals surface area contributed by atoms with Crippen LogP contribution in [-0.2, 0) is 9.53 Å². The van der Waals surface area contributed by atoms with Gasteiger partial charge in [-0.25, -0.2) is 0 Å². The van der Waals surface area contributed by atoms with Gasteiger partial charge < -0.3 is 4.74 Å². The second-order valence-corrected chi connectivity index (χ2v) is 2.12. The highest BCUT2D eigenvalue weighted by Gasteiger charge is 2.03. The lowest BCUT2D eigenvalue weighted by molar-refractivity contribution is -0.141. The first-order valence-corrected chi connectivity index (χ1v) is 3.87. The van der Waals surface area contributed by atoms with E-state index in [-0.39, 0.29) is 17.4 Å². The number of ether oxygens (including phenoxy) is 1. The minimum absolute atomic E-state index is 0.200. The van der Waals surface area contributed by atoms with Gasteiger partial charge in [0.05, 0.1) is 0 Å². The van der Waals surface area contributed by atoms with E-state index < -0.39 is 0 Å². The van der Waals surface area contributed by atoms with Crippen LogP contribution in [0.4, 0.5) is 0 Å². The van der Waals surface area contributed by atoms with Crippen molar-refractivity contribution >= 4 is 21.9 Å². The summed E-state index contributed by atoms with van der Waals surface area (Å²) >= 11 is 2.96. The molecule has 2 nitrogen and oxygen atoms in total. The monoisotopic (exact) mass is 204 g/mol. The Bertz CT molecular complexity index is 135. The van der Waals surface area contributed by atoms with Gasteiger partial charge in [0.2, 0.25) is 0 Å². The fourth-order valence-electron chi connectivity index (χ4n) is 0.376. The molecule has 0 radical (unpaired) electrons. The van der Waals surface area contributed by atoms with Gasteiger partial charge in [-0.2, -0.15) is 0 Å². The van der Waals surface area contributed by atoms with Crippen LogP contribution in [0.5, 0.6) is 0 Å². The van der Waals surface area contributed by atoms with Crippen LogP contribution in [-0.4, -0.2) is 17.4 Å². The van der Waals surface area contributed by atoms with Crippen molar-refractivity contribution < 1.29 is 9.53 Å². The van der Waals surface area contributed by atoms with Gasteiger partial charge in [0.15, 0.2) is 0 Å². The lowest BCUT2D eigenvalue weighted by Gasteiger charge is -2.06. The van der Waals surface area contributed by atoms with Crippen LogP contribution in [0, 0.1) is 0 Å². The second-order valence-electron chi connectivity index (χ2n) is 1.56. The van der Waals surface area contributed by atoms with Gasteiger partial charge in [-0.3, -0.25) is 4.79 Å². The summed E-state index contributed by atoms with van der Waals surface area (Å²) in [4.78, 5) is 10.6. The smallest absolute Gasteiger partial charge is 0.317 e. The first kappa shape index (κ1) is 9.43. The first-order chi connectivity index (χ1) is 4.74. The number of halogens is 1. The SMILES string of the molecule is C=CC(C=C)OC(=O)CBr. The Hall–Kier alpha value is -0.570. The van der Waals surface area contributed by atoms with E-state index in [0.29, 0.717) is 0 Å². The van der Waals surface area contributed by atoms with Gasteiger partial charge in [0.1, 0.15) is 11.4 Å². The van der Waals surface area contributed by atoms with E-state index in [4.69, 9.17) is 4.74 Å². The van der Waals surface area contributed by atoms with Gasteiger partial charge in [-0.15, -0.1) is 0 Å². The Balaban J connectivity index is 3.73. The molecule has 56 valence electrons. The van der Waals surface area contributed by atoms with Crippen molar-refractivity contribution in [3.63, 3.8) is 0 Å². The van der Waals surface area contributed by atoms with Crippen LogP contribution in [0.15, 0.2) is 25.3 Å². The highest BCUT2D eigenvalue weighted by molar-refractivity contribution is 9.09. The zero-order chi connectivity index (χ0) is 7.98. The molecule has 0 rings (SSSR count). The third-order valence-electron chi connectivity index (χ3n) is 0.841. The number of alkyl halides is 1. The van der Waals surface area contributed by atoms with Gasteiger partial charge in [0, 0.05) is 0 Å². The van der Waals surface area contributed by atoms with Crippen LogP contribution < -0.4 is 0 Å². The van der Waals surface area contributed by atoms with Crippen molar-refractivity contribution in [1.82, 2.24) is 0 Å². The molecule has 0 aromatic carbocycles. The number of carbonyl (C=O) groups is 1. The fourth-order valence-corrected chi connectivity index (χ4v) is 0.508. The maximum absolute atomic E-state index is 10.6. The van der Waals surface area contributed by atoms with Crippen molar-refractivity contribution in [2.45, 2.75) is 6.10 Å². The summed E-state index contributed by atoms with van der Waals surface area (Å²) in [5.41, 5.74) is 0. The van der Waals surface area contributed by atoms with Gasteiger partial charge in [0.25, 0.3) is 0 Å². The van der Waals surface area contributed by atoms with Crippen LogP contribution in [0.3, 0.4) is 0 Å². The van der Waals surface area contributed by atoms with E-state index in [2.05, 4.69) is 29.1 Å². The Morgan fingerprint density at radius 3 is 2.40 bits per heavy atom. The van der Waals surface area contributed by atoms with E-state index in [1.807, 2.05) is 0 Å². The Kier molecular flexibility index (Phi) is 4.94. The summed E-state index contributed by atoms with van der Waals surface area (Å²) in [7, 11) is 0. The summed E-state index contributed by atoms with van der Waals surface area (Å²) in [6.07, 6.45) is 2.64. The maximum atomic E-state index is 10.6. The number of carbonyl (C=O) groups excluding carboxylic acids is 1. The zero-order valence-electron chi connectivity index (χ0n) is 5.55. The van der Waals surface area contributed by atoms with Crippen molar-refractivity contribution in [2.24, 2.45) is 0 Å². The topological polar surface area (TPSA) is 26.3 Å². The number of rotatable bonds is 4. The molecule has 0 aromatic heterocycles. The zero-order valence-corrected chi connectivity index (χ0v) is 7.13. The van der Waals surface area contributed by atoms with Gasteiger partial charge in [-0.05, 0) is 12.2 Å². The van der Waals surface area contributed by atoms with E-state index in [9.17, 15) is 4.79 Å². The molecule has 0 atom stereocenters. The van der Waals surface area contributed by atoms with Crippen LogP contribution >= 0.6 is 15.9 Å². The third kappa shape index (κ3) is 3.45. The molecule has 0 aliphatic rings. The summed E-state index contributed by atoms with van der Waals surface area (Å²) < 4.78 is 4.78. The second kappa shape index (κ2) is 5.23. The molecule has 10 heavy (non-hydrogen) atoms. The van der Waals surface area contributed by atoms with E-state index in [1.54, 1.807) is 0 Å². The molecule has 0 unspecified atom stereocenters. The standard InChI is InChI=1S/C7H9BrO2/c1-3-6(4-2)10-7(9)5-8/h3-4,6H,1-2,5H2.